The first-order chi connectivity index (χ1) is 12.9. The number of benzene rings is 2. The van der Waals surface area contributed by atoms with Crippen LogP contribution in [-0.4, -0.2) is 53.8 Å². The van der Waals surface area contributed by atoms with Crippen LogP contribution < -0.4 is 5.32 Å². The second kappa shape index (κ2) is 8.87. The lowest BCUT2D eigenvalue weighted by Crippen LogP contribution is -2.54. The van der Waals surface area contributed by atoms with E-state index >= 15 is 0 Å². The fourth-order valence-electron chi connectivity index (χ4n) is 3.06. The Kier molecular flexibility index (Phi) is 6.52. The molecule has 0 radical (unpaired) electrons. The number of hydrogen-bond acceptors (Lipinski definition) is 3. The second-order valence-electron chi connectivity index (χ2n) is 6.51. The van der Waals surface area contributed by atoms with E-state index in [-0.39, 0.29) is 17.9 Å². The highest BCUT2D eigenvalue weighted by atomic mass is 79.9. The van der Waals surface area contributed by atoms with Gasteiger partial charge in [0.25, 0.3) is 5.91 Å². The van der Waals surface area contributed by atoms with Crippen LogP contribution in [0.4, 0.5) is 5.69 Å². The van der Waals surface area contributed by atoms with Gasteiger partial charge in [0, 0.05) is 46.9 Å². The Morgan fingerprint density at radius 1 is 1.07 bits per heavy atom. The van der Waals surface area contributed by atoms with Crippen LogP contribution in [0.1, 0.15) is 17.3 Å². The van der Waals surface area contributed by atoms with E-state index in [1.807, 2.05) is 36.1 Å². The largest absolute Gasteiger partial charge is 0.336 e. The Morgan fingerprint density at radius 3 is 2.37 bits per heavy atom. The molecular weight excluding hydrogens is 430 g/mol. The molecule has 0 spiro atoms. The monoisotopic (exact) mass is 449 g/mol. The van der Waals surface area contributed by atoms with Crippen LogP contribution in [0.2, 0.25) is 5.02 Å². The van der Waals surface area contributed by atoms with Crippen molar-refractivity contribution in [2.45, 2.75) is 13.0 Å². The summed E-state index contributed by atoms with van der Waals surface area (Å²) < 4.78 is 0.967. The minimum atomic E-state index is -0.267. The average molecular weight is 451 g/mol. The summed E-state index contributed by atoms with van der Waals surface area (Å²) in [6.45, 7) is 4.37. The molecule has 27 heavy (non-hydrogen) atoms. The lowest BCUT2D eigenvalue weighted by molar-refractivity contribution is -0.121. The molecule has 1 heterocycles. The normalized spacial score (nSPS) is 16.0. The first-order valence-electron chi connectivity index (χ1n) is 8.79. The Balaban J connectivity index is 1.54. The standard InChI is InChI=1S/C20H21BrClN3O2/c1-14(19(26)23-18-7-5-16(21)6-8-18)24-9-11-25(12-10-24)20(27)15-3-2-4-17(22)13-15/h2-8,13-14H,9-12H2,1H3,(H,23,26). The van der Waals surface area contributed by atoms with Crippen LogP contribution in [0.15, 0.2) is 53.0 Å². The van der Waals surface area contributed by atoms with Crippen molar-refractivity contribution in [1.29, 1.82) is 0 Å². The molecule has 1 N–H and O–H groups in total. The summed E-state index contributed by atoms with van der Waals surface area (Å²) in [6, 6.07) is 14.2. The van der Waals surface area contributed by atoms with Gasteiger partial charge in [0.2, 0.25) is 5.91 Å². The molecule has 0 aliphatic carbocycles. The molecule has 0 aromatic heterocycles. The molecule has 1 unspecified atom stereocenters. The number of carbonyl (C=O) groups excluding carboxylic acids is 2. The molecular formula is C20H21BrClN3O2. The lowest BCUT2D eigenvalue weighted by Gasteiger charge is -2.37. The molecule has 2 aromatic rings. The van der Waals surface area contributed by atoms with Gasteiger partial charge in [-0.15, -0.1) is 0 Å². The van der Waals surface area contributed by atoms with Gasteiger partial charge in [0.1, 0.15) is 0 Å². The average Bonchev–Trinajstić information content (AvgIpc) is 2.68. The number of amides is 2. The zero-order valence-electron chi connectivity index (χ0n) is 15.0. The Bertz CT molecular complexity index is 820. The van der Waals surface area contributed by atoms with E-state index in [4.69, 9.17) is 11.6 Å². The minimum Gasteiger partial charge on any atom is -0.336 e. The molecule has 2 aromatic carbocycles. The number of carbonyl (C=O) groups is 2. The third-order valence-electron chi connectivity index (χ3n) is 4.71. The van der Waals surface area contributed by atoms with E-state index in [1.165, 1.54) is 0 Å². The van der Waals surface area contributed by atoms with Crippen LogP contribution >= 0.6 is 27.5 Å². The highest BCUT2D eigenvalue weighted by Gasteiger charge is 2.28. The zero-order chi connectivity index (χ0) is 19.4. The smallest absolute Gasteiger partial charge is 0.253 e. The van der Waals surface area contributed by atoms with E-state index in [2.05, 4.69) is 26.1 Å². The maximum atomic E-state index is 12.6. The van der Waals surface area contributed by atoms with Crippen LogP contribution in [0, 0.1) is 0 Å². The molecule has 2 amide bonds. The van der Waals surface area contributed by atoms with Crippen molar-refractivity contribution in [3.05, 3.63) is 63.6 Å². The molecule has 0 saturated carbocycles. The lowest BCUT2D eigenvalue weighted by atomic mass is 10.1. The minimum absolute atomic E-state index is 0.0240. The Labute approximate surface area is 172 Å². The fourth-order valence-corrected chi connectivity index (χ4v) is 3.52. The maximum absolute atomic E-state index is 12.6. The number of piperazine rings is 1. The zero-order valence-corrected chi connectivity index (χ0v) is 17.3. The summed E-state index contributed by atoms with van der Waals surface area (Å²) >= 11 is 9.36. The SMILES string of the molecule is CC(C(=O)Nc1ccc(Br)cc1)N1CCN(C(=O)c2cccc(Cl)c2)CC1. The van der Waals surface area contributed by atoms with Gasteiger partial charge in [-0.1, -0.05) is 33.6 Å². The molecule has 1 aliphatic heterocycles. The highest BCUT2D eigenvalue weighted by Crippen LogP contribution is 2.17. The molecule has 142 valence electrons. The van der Waals surface area contributed by atoms with Gasteiger partial charge in [0.15, 0.2) is 0 Å². The van der Waals surface area contributed by atoms with Crippen LogP contribution in [-0.2, 0) is 4.79 Å². The van der Waals surface area contributed by atoms with Gasteiger partial charge < -0.3 is 10.2 Å². The van der Waals surface area contributed by atoms with E-state index < -0.39 is 0 Å². The first kappa shape index (κ1) is 19.9. The summed E-state index contributed by atoms with van der Waals surface area (Å²) in [5.41, 5.74) is 1.36. The summed E-state index contributed by atoms with van der Waals surface area (Å²) in [5.74, 6) is -0.0731. The van der Waals surface area contributed by atoms with Crippen molar-refractivity contribution < 1.29 is 9.59 Å². The molecule has 1 saturated heterocycles. The van der Waals surface area contributed by atoms with Gasteiger partial charge in [-0.25, -0.2) is 0 Å². The van der Waals surface area contributed by atoms with Crippen molar-refractivity contribution >= 4 is 45.0 Å². The number of nitrogens with zero attached hydrogens (tertiary/aromatic N) is 2. The molecule has 5 nitrogen and oxygen atoms in total. The second-order valence-corrected chi connectivity index (χ2v) is 7.86. The number of hydrogen-bond donors (Lipinski definition) is 1. The van der Waals surface area contributed by atoms with Crippen molar-refractivity contribution in [3.63, 3.8) is 0 Å². The summed E-state index contributed by atoms with van der Waals surface area (Å²) in [6.07, 6.45) is 0. The number of halogens is 2. The molecule has 0 bridgehead atoms. The number of nitrogens with one attached hydrogen (secondary N) is 1. The van der Waals surface area contributed by atoms with E-state index in [9.17, 15) is 9.59 Å². The summed E-state index contributed by atoms with van der Waals surface area (Å²) in [4.78, 5) is 29.0. The van der Waals surface area contributed by atoms with E-state index in [0.29, 0.717) is 36.8 Å². The van der Waals surface area contributed by atoms with Crippen molar-refractivity contribution in [1.82, 2.24) is 9.80 Å². The third-order valence-corrected chi connectivity index (χ3v) is 5.48. The Hall–Kier alpha value is -1.89. The molecule has 1 atom stereocenters. The van der Waals surface area contributed by atoms with Gasteiger partial charge in [-0.2, -0.15) is 0 Å². The topological polar surface area (TPSA) is 52.7 Å². The van der Waals surface area contributed by atoms with E-state index in [1.54, 1.807) is 24.3 Å². The summed E-state index contributed by atoms with van der Waals surface area (Å²) in [5, 5.41) is 3.49. The highest BCUT2D eigenvalue weighted by molar-refractivity contribution is 9.10. The molecule has 1 aliphatic rings. The third kappa shape index (κ3) is 5.09. The number of rotatable bonds is 4. The molecule has 7 heteroatoms. The van der Waals surface area contributed by atoms with Crippen LogP contribution in [0.25, 0.3) is 0 Å². The van der Waals surface area contributed by atoms with Crippen molar-refractivity contribution in [2.75, 3.05) is 31.5 Å². The maximum Gasteiger partial charge on any atom is 0.253 e. The van der Waals surface area contributed by atoms with Gasteiger partial charge >= 0.3 is 0 Å². The van der Waals surface area contributed by atoms with Crippen molar-refractivity contribution in [2.24, 2.45) is 0 Å². The molecule has 3 rings (SSSR count). The van der Waals surface area contributed by atoms with Crippen molar-refractivity contribution in [3.8, 4) is 0 Å². The van der Waals surface area contributed by atoms with Gasteiger partial charge in [-0.3, -0.25) is 14.5 Å². The van der Waals surface area contributed by atoms with Crippen LogP contribution in [0.3, 0.4) is 0 Å². The van der Waals surface area contributed by atoms with Gasteiger partial charge in [0.05, 0.1) is 6.04 Å². The predicted molar refractivity (Wildman–Crippen MR) is 111 cm³/mol. The number of anilines is 1. The first-order valence-corrected chi connectivity index (χ1v) is 9.96. The molecule has 1 fully saturated rings. The van der Waals surface area contributed by atoms with Crippen LogP contribution in [0.5, 0.6) is 0 Å². The van der Waals surface area contributed by atoms with Gasteiger partial charge in [-0.05, 0) is 49.4 Å². The summed E-state index contributed by atoms with van der Waals surface area (Å²) in [7, 11) is 0. The fraction of sp³-hybridized carbons (Fsp3) is 0.300. The Morgan fingerprint density at radius 2 is 1.74 bits per heavy atom. The predicted octanol–water partition coefficient (Wildman–Crippen LogP) is 3.89. The quantitative estimate of drug-likeness (QED) is 0.769. The van der Waals surface area contributed by atoms with E-state index in [0.717, 1.165) is 10.2 Å².